The van der Waals surface area contributed by atoms with Gasteiger partial charge in [0.05, 0.1) is 7.11 Å². The van der Waals surface area contributed by atoms with Crippen LogP contribution in [0.1, 0.15) is 63.4 Å². The fourth-order valence-corrected chi connectivity index (χ4v) is 3.63. The Bertz CT molecular complexity index is 446. The molecule has 1 aromatic rings. The van der Waals surface area contributed by atoms with E-state index >= 15 is 0 Å². The van der Waals surface area contributed by atoms with Gasteiger partial charge in [-0.15, -0.1) is 0 Å². The first-order chi connectivity index (χ1) is 11.3. The summed E-state index contributed by atoms with van der Waals surface area (Å²) in [6, 6.07) is 11.4. The molecule has 1 N–H and O–H groups in total. The third-order valence-corrected chi connectivity index (χ3v) is 5.00. The Hall–Kier alpha value is -1.35. The maximum atomic E-state index is 11.1. The Morgan fingerprint density at radius 1 is 1.13 bits per heavy atom. The smallest absolute Gasteiger partial charge is 0.305 e. The molecule has 2 rings (SSSR count). The second-order valence-electron chi connectivity index (χ2n) is 6.69. The third kappa shape index (κ3) is 6.74. The monoisotopic (exact) mass is 317 g/mol. The lowest BCUT2D eigenvalue weighted by molar-refractivity contribution is -0.140. The van der Waals surface area contributed by atoms with Crippen LogP contribution in [0.25, 0.3) is 0 Å². The van der Waals surface area contributed by atoms with Crippen molar-refractivity contribution in [3.8, 4) is 0 Å². The van der Waals surface area contributed by atoms with Gasteiger partial charge in [-0.25, -0.2) is 0 Å². The maximum Gasteiger partial charge on any atom is 0.305 e. The highest BCUT2D eigenvalue weighted by atomic mass is 16.5. The summed E-state index contributed by atoms with van der Waals surface area (Å²) in [6.45, 7) is 0.987. The van der Waals surface area contributed by atoms with Gasteiger partial charge in [-0.1, -0.05) is 56.0 Å². The second kappa shape index (κ2) is 10.4. The van der Waals surface area contributed by atoms with E-state index in [2.05, 4.69) is 40.4 Å². The number of hydrogen-bond acceptors (Lipinski definition) is 3. The quantitative estimate of drug-likeness (QED) is 0.511. The van der Waals surface area contributed by atoms with Crippen LogP contribution >= 0.6 is 0 Å². The molecule has 128 valence electrons. The minimum absolute atomic E-state index is 0.0778. The van der Waals surface area contributed by atoms with Gasteiger partial charge < -0.3 is 10.1 Å². The van der Waals surface area contributed by atoms with E-state index in [4.69, 9.17) is 0 Å². The van der Waals surface area contributed by atoms with Crippen molar-refractivity contribution >= 4 is 5.97 Å². The van der Waals surface area contributed by atoms with Crippen LogP contribution in [0.2, 0.25) is 0 Å². The number of nitrogens with one attached hydrogen (secondary N) is 1. The first-order valence-corrected chi connectivity index (χ1v) is 9.13. The molecule has 0 spiro atoms. The second-order valence-corrected chi connectivity index (χ2v) is 6.69. The Labute approximate surface area is 140 Å². The Balaban J connectivity index is 1.58. The van der Waals surface area contributed by atoms with E-state index in [1.165, 1.54) is 51.2 Å². The highest BCUT2D eigenvalue weighted by Crippen LogP contribution is 2.30. The summed E-state index contributed by atoms with van der Waals surface area (Å²) >= 11 is 0. The van der Waals surface area contributed by atoms with E-state index in [-0.39, 0.29) is 5.97 Å². The number of ether oxygens (including phenoxy) is 1. The fourth-order valence-electron chi connectivity index (χ4n) is 3.63. The zero-order valence-electron chi connectivity index (χ0n) is 14.4. The molecule has 3 heteroatoms. The molecule has 1 saturated carbocycles. The summed E-state index contributed by atoms with van der Waals surface area (Å²) in [5, 5.41) is 3.76. The lowest BCUT2D eigenvalue weighted by atomic mass is 9.95. The molecule has 1 aromatic carbocycles. The lowest BCUT2D eigenvalue weighted by Gasteiger charge is -2.21. The largest absolute Gasteiger partial charge is 0.469 e. The minimum Gasteiger partial charge on any atom is -0.469 e. The molecule has 0 saturated heterocycles. The summed E-state index contributed by atoms with van der Waals surface area (Å²) in [4.78, 5) is 11.1. The first-order valence-electron chi connectivity index (χ1n) is 9.13. The number of methoxy groups -OCH3 is 1. The average Bonchev–Trinajstić information content (AvgIpc) is 3.04. The zero-order valence-corrected chi connectivity index (χ0v) is 14.4. The predicted molar refractivity (Wildman–Crippen MR) is 94.1 cm³/mol. The fraction of sp³-hybridized carbons (Fsp3) is 0.650. The van der Waals surface area contributed by atoms with Gasteiger partial charge in [0, 0.05) is 19.0 Å². The molecule has 3 nitrogen and oxygen atoms in total. The van der Waals surface area contributed by atoms with E-state index in [0.29, 0.717) is 12.5 Å². The summed E-state index contributed by atoms with van der Waals surface area (Å²) in [5.74, 6) is 0.755. The lowest BCUT2D eigenvalue weighted by Crippen LogP contribution is -2.31. The molecule has 1 aliphatic rings. The topological polar surface area (TPSA) is 38.3 Å². The molecule has 2 atom stereocenters. The van der Waals surface area contributed by atoms with Gasteiger partial charge in [-0.2, -0.15) is 0 Å². The van der Waals surface area contributed by atoms with E-state index in [1.54, 1.807) is 0 Å². The summed E-state index contributed by atoms with van der Waals surface area (Å²) in [6.07, 6.45) is 10.6. The predicted octanol–water partition coefficient (Wildman–Crippen LogP) is 4.46. The third-order valence-electron chi connectivity index (χ3n) is 5.00. The highest BCUT2D eigenvalue weighted by molar-refractivity contribution is 5.68. The van der Waals surface area contributed by atoms with Gasteiger partial charge >= 0.3 is 5.97 Å². The van der Waals surface area contributed by atoms with Crippen LogP contribution < -0.4 is 5.32 Å². The summed E-state index contributed by atoms with van der Waals surface area (Å²) in [5.41, 5.74) is 1.38. The van der Waals surface area contributed by atoms with Crippen LogP contribution in [0.3, 0.4) is 0 Å². The van der Waals surface area contributed by atoms with Crippen molar-refractivity contribution < 1.29 is 9.53 Å². The van der Waals surface area contributed by atoms with Crippen LogP contribution in [0.15, 0.2) is 30.3 Å². The van der Waals surface area contributed by atoms with Crippen LogP contribution in [-0.4, -0.2) is 19.1 Å². The van der Waals surface area contributed by atoms with Crippen molar-refractivity contribution in [2.24, 2.45) is 5.92 Å². The van der Waals surface area contributed by atoms with Crippen molar-refractivity contribution in [3.63, 3.8) is 0 Å². The van der Waals surface area contributed by atoms with Crippen LogP contribution in [0.4, 0.5) is 0 Å². The molecule has 1 aliphatic carbocycles. The van der Waals surface area contributed by atoms with Crippen molar-refractivity contribution in [2.45, 2.75) is 70.4 Å². The Kier molecular flexibility index (Phi) is 8.16. The number of carbonyl (C=O) groups excluding carboxylic acids is 1. The number of unbranched alkanes of at least 4 members (excludes halogenated alkanes) is 3. The van der Waals surface area contributed by atoms with Crippen LogP contribution in [-0.2, 0) is 16.1 Å². The van der Waals surface area contributed by atoms with Gasteiger partial charge in [-0.3, -0.25) is 4.79 Å². The molecule has 1 fully saturated rings. The van der Waals surface area contributed by atoms with Crippen molar-refractivity contribution in [3.05, 3.63) is 35.9 Å². The number of carbonyl (C=O) groups is 1. The molecule has 0 aliphatic heterocycles. The molecule has 0 aromatic heterocycles. The first kappa shape index (κ1) is 18.0. The molecule has 23 heavy (non-hydrogen) atoms. The number of rotatable bonds is 10. The molecule has 0 heterocycles. The Morgan fingerprint density at radius 2 is 1.91 bits per heavy atom. The molecule has 2 unspecified atom stereocenters. The van der Waals surface area contributed by atoms with Crippen molar-refractivity contribution in [1.82, 2.24) is 5.32 Å². The van der Waals surface area contributed by atoms with Gasteiger partial charge in [0.1, 0.15) is 0 Å². The average molecular weight is 317 g/mol. The van der Waals surface area contributed by atoms with Crippen molar-refractivity contribution in [2.75, 3.05) is 7.11 Å². The summed E-state index contributed by atoms with van der Waals surface area (Å²) in [7, 11) is 1.46. The van der Waals surface area contributed by atoms with E-state index < -0.39 is 0 Å². The minimum atomic E-state index is -0.0778. The number of esters is 1. The number of benzene rings is 1. The van der Waals surface area contributed by atoms with Crippen LogP contribution in [0, 0.1) is 5.92 Å². The highest BCUT2D eigenvalue weighted by Gasteiger charge is 2.25. The van der Waals surface area contributed by atoms with E-state index in [9.17, 15) is 4.79 Å². The number of hydrogen-bond donors (Lipinski definition) is 1. The van der Waals surface area contributed by atoms with Crippen molar-refractivity contribution in [1.29, 1.82) is 0 Å². The van der Waals surface area contributed by atoms with E-state index in [0.717, 1.165) is 25.3 Å². The SMILES string of the molecule is COC(=O)CCCCCCC1CCCC1NCc1ccccc1. The molecule has 0 bridgehead atoms. The molecule has 0 radical (unpaired) electrons. The molecular formula is C20H31NO2. The van der Waals surface area contributed by atoms with Gasteiger partial charge in [0.15, 0.2) is 0 Å². The Morgan fingerprint density at radius 3 is 2.70 bits per heavy atom. The van der Waals surface area contributed by atoms with E-state index in [1.807, 2.05) is 0 Å². The molecule has 0 amide bonds. The summed E-state index contributed by atoms with van der Waals surface area (Å²) < 4.78 is 4.67. The normalized spacial score (nSPS) is 20.6. The zero-order chi connectivity index (χ0) is 16.3. The van der Waals surface area contributed by atoms with Gasteiger partial charge in [0.25, 0.3) is 0 Å². The molecular weight excluding hydrogens is 286 g/mol. The van der Waals surface area contributed by atoms with Gasteiger partial charge in [0.2, 0.25) is 0 Å². The maximum absolute atomic E-state index is 11.1. The van der Waals surface area contributed by atoms with Gasteiger partial charge in [-0.05, 0) is 37.2 Å². The standard InChI is InChI=1S/C20H31NO2/c1-23-20(22)15-8-3-2-7-12-18-13-9-14-19(18)21-16-17-10-5-4-6-11-17/h4-6,10-11,18-19,21H,2-3,7-9,12-16H2,1H3. The van der Waals surface area contributed by atoms with Crippen LogP contribution in [0.5, 0.6) is 0 Å².